The van der Waals surface area contributed by atoms with E-state index in [4.69, 9.17) is 4.74 Å². The number of aliphatic hydroxyl groups is 1. The third-order valence-corrected chi connectivity index (χ3v) is 2.81. The Morgan fingerprint density at radius 2 is 2.00 bits per heavy atom. The second-order valence-corrected chi connectivity index (χ2v) is 4.58. The molecule has 5 nitrogen and oxygen atoms in total. The molecule has 1 aromatic heterocycles. The number of para-hydroxylation sites is 1. The van der Waals surface area contributed by atoms with Crippen molar-refractivity contribution < 1.29 is 23.0 Å². The van der Waals surface area contributed by atoms with E-state index < -0.39 is 18.9 Å². The largest absolute Gasteiger partial charge is 0.425 e. The number of aromatic nitrogens is 2. The standard InChI is InChI=1S/C14H16F3N3O2/c15-14(16,17)7-4-8-18-12(21)20-10-9-19-13(20)22-11-5-2-1-3-6-11/h1-3,5-6,9-10,12,18,21H,4,7-8H2. The van der Waals surface area contributed by atoms with Gasteiger partial charge in [0.15, 0.2) is 6.35 Å². The molecule has 0 saturated heterocycles. The topological polar surface area (TPSA) is 59.3 Å². The number of alkyl halides is 3. The number of nitrogens with zero attached hydrogens (tertiary/aromatic N) is 2. The Hall–Kier alpha value is -2.06. The number of hydrogen-bond acceptors (Lipinski definition) is 4. The molecule has 1 unspecified atom stereocenters. The van der Waals surface area contributed by atoms with E-state index >= 15 is 0 Å². The van der Waals surface area contributed by atoms with Crippen LogP contribution >= 0.6 is 0 Å². The number of benzene rings is 1. The van der Waals surface area contributed by atoms with Crippen LogP contribution in [0.25, 0.3) is 0 Å². The van der Waals surface area contributed by atoms with Crippen LogP contribution < -0.4 is 10.1 Å². The molecule has 0 aliphatic rings. The molecule has 1 atom stereocenters. The van der Waals surface area contributed by atoms with E-state index in [2.05, 4.69) is 10.3 Å². The van der Waals surface area contributed by atoms with Gasteiger partial charge in [0, 0.05) is 18.8 Å². The highest BCUT2D eigenvalue weighted by Crippen LogP contribution is 2.22. The van der Waals surface area contributed by atoms with E-state index in [1.165, 1.54) is 17.0 Å². The summed E-state index contributed by atoms with van der Waals surface area (Å²) in [6.07, 6.45) is -3.52. The van der Waals surface area contributed by atoms with Crippen molar-refractivity contribution in [2.24, 2.45) is 0 Å². The van der Waals surface area contributed by atoms with Gasteiger partial charge >= 0.3 is 12.2 Å². The summed E-state index contributed by atoms with van der Waals surface area (Å²) in [7, 11) is 0. The summed E-state index contributed by atoms with van der Waals surface area (Å²) in [5.41, 5.74) is 0. The lowest BCUT2D eigenvalue weighted by atomic mass is 10.3. The van der Waals surface area contributed by atoms with Crippen molar-refractivity contribution in [3.05, 3.63) is 42.7 Å². The Kier molecular flexibility index (Phi) is 5.40. The van der Waals surface area contributed by atoms with E-state index in [9.17, 15) is 18.3 Å². The van der Waals surface area contributed by atoms with Crippen molar-refractivity contribution in [1.29, 1.82) is 0 Å². The maximum Gasteiger partial charge on any atom is 0.389 e. The van der Waals surface area contributed by atoms with Gasteiger partial charge in [0.05, 0.1) is 0 Å². The third kappa shape index (κ3) is 5.05. The molecule has 2 rings (SSSR count). The van der Waals surface area contributed by atoms with Crippen molar-refractivity contribution in [3.63, 3.8) is 0 Å². The second-order valence-electron chi connectivity index (χ2n) is 4.58. The van der Waals surface area contributed by atoms with Gasteiger partial charge in [-0.15, -0.1) is 0 Å². The molecule has 2 aromatic rings. The highest BCUT2D eigenvalue weighted by molar-refractivity contribution is 5.24. The Labute approximate surface area is 125 Å². The van der Waals surface area contributed by atoms with Crippen LogP contribution in [0.3, 0.4) is 0 Å². The van der Waals surface area contributed by atoms with Crippen molar-refractivity contribution >= 4 is 0 Å². The van der Waals surface area contributed by atoms with Crippen molar-refractivity contribution in [3.8, 4) is 11.8 Å². The minimum atomic E-state index is -4.19. The van der Waals surface area contributed by atoms with Gasteiger partial charge in [0.1, 0.15) is 5.75 Å². The van der Waals surface area contributed by atoms with E-state index in [0.717, 1.165) is 0 Å². The van der Waals surface area contributed by atoms with E-state index in [1.54, 1.807) is 24.3 Å². The fourth-order valence-electron chi connectivity index (χ4n) is 1.78. The predicted octanol–water partition coefficient (Wildman–Crippen LogP) is 3.06. The fraction of sp³-hybridized carbons (Fsp3) is 0.357. The maximum absolute atomic E-state index is 12.0. The number of rotatable bonds is 7. The van der Waals surface area contributed by atoms with Gasteiger partial charge in [0.2, 0.25) is 0 Å². The first-order chi connectivity index (χ1) is 10.5. The minimum absolute atomic E-state index is 0.0175. The van der Waals surface area contributed by atoms with E-state index in [-0.39, 0.29) is 19.0 Å². The first-order valence-corrected chi connectivity index (χ1v) is 6.70. The molecule has 0 spiro atoms. The van der Waals surface area contributed by atoms with Crippen LogP contribution in [0.4, 0.5) is 13.2 Å². The number of aliphatic hydroxyl groups excluding tert-OH is 1. The van der Waals surface area contributed by atoms with Crippen LogP contribution in [0.2, 0.25) is 0 Å². The smallest absolute Gasteiger partial charge is 0.389 e. The fourth-order valence-corrected chi connectivity index (χ4v) is 1.78. The zero-order chi connectivity index (χ0) is 16.0. The normalized spacial score (nSPS) is 13.1. The van der Waals surface area contributed by atoms with Crippen LogP contribution in [-0.4, -0.2) is 27.4 Å². The lowest BCUT2D eigenvalue weighted by Crippen LogP contribution is -2.28. The average Bonchev–Trinajstić information content (AvgIpc) is 2.92. The zero-order valence-electron chi connectivity index (χ0n) is 11.6. The van der Waals surface area contributed by atoms with Gasteiger partial charge in [-0.2, -0.15) is 13.2 Å². The van der Waals surface area contributed by atoms with Gasteiger partial charge < -0.3 is 9.84 Å². The van der Waals surface area contributed by atoms with Gasteiger partial charge in [-0.05, 0) is 25.1 Å². The van der Waals surface area contributed by atoms with Crippen LogP contribution in [0.1, 0.15) is 19.2 Å². The molecule has 1 heterocycles. The van der Waals surface area contributed by atoms with E-state index in [1.807, 2.05) is 6.07 Å². The number of nitrogens with one attached hydrogen (secondary N) is 1. The average molecular weight is 315 g/mol. The van der Waals surface area contributed by atoms with Crippen LogP contribution in [0.5, 0.6) is 11.8 Å². The molecule has 0 aliphatic carbocycles. The summed E-state index contributed by atoms with van der Waals surface area (Å²) in [6, 6.07) is 8.99. The van der Waals surface area contributed by atoms with Gasteiger partial charge in [-0.1, -0.05) is 18.2 Å². The first kappa shape index (κ1) is 16.3. The Balaban J connectivity index is 1.88. The monoisotopic (exact) mass is 315 g/mol. The number of ether oxygens (including phenoxy) is 1. The molecule has 1 aromatic carbocycles. The molecule has 2 N–H and O–H groups in total. The number of imidazole rings is 1. The Bertz CT molecular complexity index is 572. The molecular weight excluding hydrogens is 299 g/mol. The van der Waals surface area contributed by atoms with Crippen LogP contribution in [0, 0.1) is 0 Å². The van der Waals surface area contributed by atoms with Gasteiger partial charge in [-0.3, -0.25) is 9.88 Å². The molecule has 120 valence electrons. The Morgan fingerprint density at radius 3 is 2.68 bits per heavy atom. The summed E-state index contributed by atoms with van der Waals surface area (Å²) in [4.78, 5) is 3.96. The molecule has 0 fully saturated rings. The maximum atomic E-state index is 12.0. The Morgan fingerprint density at radius 1 is 1.27 bits per heavy atom. The molecule has 22 heavy (non-hydrogen) atoms. The van der Waals surface area contributed by atoms with Crippen LogP contribution in [0.15, 0.2) is 42.7 Å². The summed E-state index contributed by atoms with van der Waals surface area (Å²) >= 11 is 0. The number of hydrogen-bond donors (Lipinski definition) is 2. The highest BCUT2D eigenvalue weighted by atomic mass is 19.4. The van der Waals surface area contributed by atoms with Crippen molar-refractivity contribution in [2.75, 3.05) is 6.54 Å². The van der Waals surface area contributed by atoms with Crippen molar-refractivity contribution in [2.45, 2.75) is 25.4 Å². The molecule has 0 aliphatic heterocycles. The van der Waals surface area contributed by atoms with Gasteiger partial charge in [-0.25, -0.2) is 4.98 Å². The highest BCUT2D eigenvalue weighted by Gasteiger charge is 2.26. The predicted molar refractivity (Wildman–Crippen MR) is 73.3 cm³/mol. The molecular formula is C14H16F3N3O2. The number of halogens is 3. The van der Waals surface area contributed by atoms with Crippen LogP contribution in [-0.2, 0) is 0 Å². The second kappa shape index (κ2) is 7.28. The third-order valence-electron chi connectivity index (χ3n) is 2.81. The zero-order valence-corrected chi connectivity index (χ0v) is 11.6. The lowest BCUT2D eigenvalue weighted by molar-refractivity contribution is -0.135. The minimum Gasteiger partial charge on any atom is -0.425 e. The summed E-state index contributed by atoms with van der Waals surface area (Å²) in [5.74, 6) is 0.541. The lowest BCUT2D eigenvalue weighted by Gasteiger charge is -2.16. The van der Waals surface area contributed by atoms with Gasteiger partial charge in [0.25, 0.3) is 0 Å². The molecule has 0 bridgehead atoms. The van der Waals surface area contributed by atoms with E-state index in [0.29, 0.717) is 5.75 Å². The molecule has 8 heteroatoms. The summed E-state index contributed by atoms with van der Waals surface area (Å²) in [5, 5.41) is 12.5. The molecule has 0 saturated carbocycles. The first-order valence-electron chi connectivity index (χ1n) is 6.70. The quantitative estimate of drug-likeness (QED) is 0.609. The summed E-state index contributed by atoms with van der Waals surface area (Å²) in [6.45, 7) is 0.0175. The van der Waals surface area contributed by atoms with Crippen molar-refractivity contribution in [1.82, 2.24) is 14.9 Å². The summed E-state index contributed by atoms with van der Waals surface area (Å²) < 4.78 is 42.9. The SMILES string of the molecule is OC(NCCCC(F)(F)F)n1ccnc1Oc1ccccc1. The molecule has 0 radical (unpaired) electrons. The molecule has 0 amide bonds.